The van der Waals surface area contributed by atoms with Crippen molar-refractivity contribution in [3.05, 3.63) is 64.7 Å². The molecular formula is C19H19FN4O. The highest BCUT2D eigenvalue weighted by Gasteiger charge is 2.22. The first-order chi connectivity index (χ1) is 12.2. The molecule has 1 fully saturated rings. The molecular weight excluding hydrogens is 319 g/mol. The molecule has 3 aromatic rings. The van der Waals surface area contributed by atoms with Gasteiger partial charge in [0, 0.05) is 19.1 Å². The molecule has 0 saturated carbocycles. The third-order valence-electron chi connectivity index (χ3n) is 4.57. The molecule has 1 aliphatic heterocycles. The van der Waals surface area contributed by atoms with Gasteiger partial charge in [-0.1, -0.05) is 24.3 Å². The predicted molar refractivity (Wildman–Crippen MR) is 97.6 cm³/mol. The highest BCUT2D eigenvalue weighted by molar-refractivity contribution is 5.78. The minimum absolute atomic E-state index is 0.0951. The molecule has 6 heteroatoms. The van der Waals surface area contributed by atoms with Gasteiger partial charge in [-0.15, -0.1) is 0 Å². The first kappa shape index (κ1) is 15.6. The standard InChI is InChI=1S/C19H19FN4O/c20-15-8-2-4-10-17(15)24-11-5-6-13(12-24)21-19-22-16-9-3-1-7-14(16)18(25)23-19/h1-4,7-10,13H,5-6,11-12H2,(H2,21,22,23,25). The Balaban J connectivity index is 1.55. The fraction of sp³-hybridized carbons (Fsp3) is 0.263. The first-order valence-corrected chi connectivity index (χ1v) is 8.46. The maximum Gasteiger partial charge on any atom is 0.260 e. The topological polar surface area (TPSA) is 61.0 Å². The van der Waals surface area contributed by atoms with Crippen molar-refractivity contribution >= 4 is 22.5 Å². The predicted octanol–water partition coefficient (Wildman–Crippen LogP) is 3.14. The van der Waals surface area contributed by atoms with Crippen LogP contribution in [0.2, 0.25) is 0 Å². The molecule has 1 aliphatic rings. The maximum atomic E-state index is 14.0. The molecule has 2 heterocycles. The molecule has 1 aromatic heterocycles. The minimum atomic E-state index is -0.208. The number of nitrogens with one attached hydrogen (secondary N) is 2. The van der Waals surface area contributed by atoms with Crippen molar-refractivity contribution in [2.45, 2.75) is 18.9 Å². The van der Waals surface area contributed by atoms with Crippen molar-refractivity contribution in [3.8, 4) is 0 Å². The van der Waals surface area contributed by atoms with Crippen LogP contribution < -0.4 is 15.8 Å². The molecule has 1 unspecified atom stereocenters. The molecule has 5 nitrogen and oxygen atoms in total. The Kier molecular flexibility index (Phi) is 4.09. The molecule has 0 radical (unpaired) electrons. The number of nitrogens with zero attached hydrogens (tertiary/aromatic N) is 2. The second-order valence-corrected chi connectivity index (χ2v) is 6.31. The molecule has 25 heavy (non-hydrogen) atoms. The number of halogens is 1. The normalized spacial score (nSPS) is 17.6. The molecule has 1 saturated heterocycles. The van der Waals surface area contributed by atoms with E-state index in [4.69, 9.17) is 0 Å². The van der Waals surface area contributed by atoms with Gasteiger partial charge in [-0.3, -0.25) is 9.78 Å². The summed E-state index contributed by atoms with van der Waals surface area (Å²) in [4.78, 5) is 21.5. The zero-order valence-corrected chi connectivity index (χ0v) is 13.7. The third-order valence-corrected chi connectivity index (χ3v) is 4.57. The molecule has 2 aromatic carbocycles. The summed E-state index contributed by atoms with van der Waals surface area (Å²) in [7, 11) is 0. The van der Waals surface area contributed by atoms with Crippen molar-refractivity contribution in [2.75, 3.05) is 23.3 Å². The summed E-state index contributed by atoms with van der Waals surface area (Å²) in [6, 6.07) is 14.2. The minimum Gasteiger partial charge on any atom is -0.367 e. The van der Waals surface area contributed by atoms with E-state index in [-0.39, 0.29) is 17.4 Å². The molecule has 0 aliphatic carbocycles. The van der Waals surface area contributed by atoms with Gasteiger partial charge in [0.25, 0.3) is 5.56 Å². The summed E-state index contributed by atoms with van der Waals surface area (Å²) in [6.45, 7) is 1.48. The Morgan fingerprint density at radius 1 is 1.16 bits per heavy atom. The lowest BCUT2D eigenvalue weighted by molar-refractivity contribution is 0.517. The lowest BCUT2D eigenvalue weighted by Gasteiger charge is -2.35. The van der Waals surface area contributed by atoms with Crippen LogP contribution in [-0.4, -0.2) is 29.1 Å². The summed E-state index contributed by atoms with van der Waals surface area (Å²) in [5, 5.41) is 3.88. The molecule has 0 bridgehead atoms. The van der Waals surface area contributed by atoms with Crippen LogP contribution in [0.3, 0.4) is 0 Å². The SMILES string of the molecule is O=c1[nH]c(NC2CCCN(c3ccccc3F)C2)nc2ccccc12. The molecule has 0 amide bonds. The number of fused-ring (bicyclic) bond motifs is 1. The Morgan fingerprint density at radius 3 is 2.84 bits per heavy atom. The highest BCUT2D eigenvalue weighted by Crippen LogP contribution is 2.24. The molecule has 0 spiro atoms. The van der Waals surface area contributed by atoms with E-state index in [1.165, 1.54) is 6.07 Å². The first-order valence-electron chi connectivity index (χ1n) is 8.46. The lowest BCUT2D eigenvalue weighted by Crippen LogP contribution is -2.43. The van der Waals surface area contributed by atoms with Crippen LogP contribution in [0.15, 0.2) is 53.3 Å². The number of para-hydroxylation sites is 2. The van der Waals surface area contributed by atoms with E-state index in [0.717, 1.165) is 19.4 Å². The van der Waals surface area contributed by atoms with Gasteiger partial charge < -0.3 is 10.2 Å². The molecule has 1 atom stereocenters. The zero-order valence-electron chi connectivity index (χ0n) is 13.7. The second kappa shape index (κ2) is 6.55. The smallest absolute Gasteiger partial charge is 0.260 e. The summed E-state index contributed by atoms with van der Waals surface area (Å²) in [6.07, 6.45) is 1.89. The Hall–Kier alpha value is -2.89. The Morgan fingerprint density at radius 2 is 1.96 bits per heavy atom. The molecule has 4 rings (SSSR count). The van der Waals surface area contributed by atoms with E-state index in [0.29, 0.717) is 29.1 Å². The van der Waals surface area contributed by atoms with E-state index in [1.54, 1.807) is 18.2 Å². The number of anilines is 2. The van der Waals surface area contributed by atoms with Crippen LogP contribution in [0.4, 0.5) is 16.0 Å². The van der Waals surface area contributed by atoms with Gasteiger partial charge in [0.05, 0.1) is 16.6 Å². The number of aromatic amines is 1. The van der Waals surface area contributed by atoms with E-state index in [9.17, 15) is 9.18 Å². The van der Waals surface area contributed by atoms with Gasteiger partial charge in [0.1, 0.15) is 5.82 Å². The van der Waals surface area contributed by atoms with Gasteiger partial charge in [0.2, 0.25) is 5.95 Å². The summed E-state index contributed by atoms with van der Waals surface area (Å²) in [5.74, 6) is 0.254. The van der Waals surface area contributed by atoms with Crippen LogP contribution in [0.1, 0.15) is 12.8 Å². The van der Waals surface area contributed by atoms with Gasteiger partial charge in [-0.05, 0) is 37.1 Å². The number of hydrogen-bond donors (Lipinski definition) is 2. The Bertz CT molecular complexity index is 955. The van der Waals surface area contributed by atoms with Crippen molar-refractivity contribution in [3.63, 3.8) is 0 Å². The van der Waals surface area contributed by atoms with Gasteiger partial charge >= 0.3 is 0 Å². The Labute approximate surface area is 144 Å². The van der Waals surface area contributed by atoms with Gasteiger partial charge in [-0.2, -0.15) is 0 Å². The van der Waals surface area contributed by atoms with Crippen molar-refractivity contribution in [2.24, 2.45) is 0 Å². The van der Waals surface area contributed by atoms with Crippen LogP contribution in [0, 0.1) is 5.82 Å². The number of H-pyrrole nitrogens is 1. The van der Waals surface area contributed by atoms with Crippen molar-refractivity contribution in [1.82, 2.24) is 9.97 Å². The van der Waals surface area contributed by atoms with E-state index in [2.05, 4.69) is 15.3 Å². The average molecular weight is 338 g/mol. The zero-order chi connectivity index (χ0) is 17.2. The largest absolute Gasteiger partial charge is 0.367 e. The van der Waals surface area contributed by atoms with Crippen LogP contribution in [0.5, 0.6) is 0 Å². The van der Waals surface area contributed by atoms with Crippen LogP contribution in [-0.2, 0) is 0 Å². The number of rotatable bonds is 3. The highest BCUT2D eigenvalue weighted by atomic mass is 19.1. The summed E-state index contributed by atoms with van der Waals surface area (Å²) < 4.78 is 14.0. The number of hydrogen-bond acceptors (Lipinski definition) is 4. The van der Waals surface area contributed by atoms with Gasteiger partial charge in [-0.25, -0.2) is 9.37 Å². The van der Waals surface area contributed by atoms with Crippen molar-refractivity contribution < 1.29 is 4.39 Å². The van der Waals surface area contributed by atoms with E-state index >= 15 is 0 Å². The van der Waals surface area contributed by atoms with Crippen molar-refractivity contribution in [1.29, 1.82) is 0 Å². The summed E-state index contributed by atoms with van der Waals surface area (Å²) in [5.41, 5.74) is 1.12. The average Bonchev–Trinajstić information content (AvgIpc) is 2.62. The van der Waals surface area contributed by atoms with E-state index < -0.39 is 0 Å². The fourth-order valence-electron chi connectivity index (χ4n) is 3.37. The summed E-state index contributed by atoms with van der Waals surface area (Å²) >= 11 is 0. The molecule has 128 valence electrons. The van der Waals surface area contributed by atoms with E-state index in [1.807, 2.05) is 29.2 Å². The number of benzene rings is 2. The molecule has 2 N–H and O–H groups in total. The second-order valence-electron chi connectivity index (χ2n) is 6.31. The van der Waals surface area contributed by atoms with Gasteiger partial charge in [0.15, 0.2) is 0 Å². The lowest BCUT2D eigenvalue weighted by atomic mass is 10.0. The van der Waals surface area contributed by atoms with Crippen LogP contribution >= 0.6 is 0 Å². The maximum absolute atomic E-state index is 14.0. The van der Waals surface area contributed by atoms with Crippen LogP contribution in [0.25, 0.3) is 10.9 Å². The number of piperidine rings is 1. The quantitative estimate of drug-likeness (QED) is 0.770. The monoisotopic (exact) mass is 338 g/mol. The number of aromatic nitrogens is 2. The fourth-order valence-corrected chi connectivity index (χ4v) is 3.37. The third kappa shape index (κ3) is 3.20.